The molecule has 0 saturated heterocycles. The highest BCUT2D eigenvalue weighted by Gasteiger charge is 2.19. The fourth-order valence-electron chi connectivity index (χ4n) is 2.42. The number of carbonyl (C=O) groups excluding carboxylic acids is 2. The van der Waals surface area contributed by atoms with Crippen molar-refractivity contribution >= 4 is 24.2 Å². The molecule has 0 fully saturated rings. The first-order valence-corrected chi connectivity index (χ1v) is 8.26. The van der Waals surface area contributed by atoms with Crippen molar-refractivity contribution in [1.29, 1.82) is 0 Å². The standard InChI is InChI=1S/C18H29N3O4.ClH/c1-10(2)17(19)18(23)20-9-16(22)21-12(4)13-8-15(25-6)14(24-5)7-11(13)3;/h7-8,10,12,17H,9,19H2,1-6H3,(H,20,23)(H,21,22);1H/t12?,17-;/m0./s1. The highest BCUT2D eigenvalue weighted by atomic mass is 35.5. The average Bonchev–Trinajstić information content (AvgIpc) is 2.58. The summed E-state index contributed by atoms with van der Waals surface area (Å²) >= 11 is 0. The number of carbonyl (C=O) groups is 2. The molecule has 7 nitrogen and oxygen atoms in total. The number of nitrogens with two attached hydrogens (primary N) is 1. The van der Waals surface area contributed by atoms with Gasteiger partial charge in [0.2, 0.25) is 11.8 Å². The molecule has 0 spiro atoms. The summed E-state index contributed by atoms with van der Waals surface area (Å²) in [5.41, 5.74) is 7.63. The molecule has 1 rings (SSSR count). The Morgan fingerprint density at radius 3 is 2.15 bits per heavy atom. The number of methoxy groups -OCH3 is 2. The molecule has 0 heterocycles. The third-order valence-corrected chi connectivity index (χ3v) is 4.06. The van der Waals surface area contributed by atoms with Gasteiger partial charge in [0.05, 0.1) is 32.8 Å². The molecule has 26 heavy (non-hydrogen) atoms. The number of aryl methyl sites for hydroxylation is 1. The van der Waals surface area contributed by atoms with Gasteiger partial charge >= 0.3 is 0 Å². The molecule has 0 radical (unpaired) electrons. The fourth-order valence-corrected chi connectivity index (χ4v) is 2.42. The Kier molecular flexibility index (Phi) is 10.0. The van der Waals surface area contributed by atoms with Crippen LogP contribution in [0.5, 0.6) is 11.5 Å². The highest BCUT2D eigenvalue weighted by molar-refractivity contribution is 5.87. The van der Waals surface area contributed by atoms with Crippen LogP contribution in [0, 0.1) is 12.8 Å². The Balaban J connectivity index is 0.00000625. The Morgan fingerprint density at radius 2 is 1.65 bits per heavy atom. The summed E-state index contributed by atoms with van der Waals surface area (Å²) in [6, 6.07) is 2.83. The van der Waals surface area contributed by atoms with E-state index in [1.807, 2.05) is 39.8 Å². The van der Waals surface area contributed by atoms with E-state index in [1.165, 1.54) is 0 Å². The Hall–Kier alpha value is -1.99. The van der Waals surface area contributed by atoms with Crippen LogP contribution < -0.4 is 25.8 Å². The van der Waals surface area contributed by atoms with Gasteiger partial charge in [-0.2, -0.15) is 0 Å². The third-order valence-electron chi connectivity index (χ3n) is 4.06. The van der Waals surface area contributed by atoms with E-state index in [2.05, 4.69) is 10.6 Å². The van der Waals surface area contributed by atoms with Crippen molar-refractivity contribution in [2.24, 2.45) is 11.7 Å². The summed E-state index contributed by atoms with van der Waals surface area (Å²) in [5.74, 6) is 0.625. The van der Waals surface area contributed by atoms with Gasteiger partial charge in [-0.1, -0.05) is 13.8 Å². The van der Waals surface area contributed by atoms with Crippen molar-refractivity contribution in [3.8, 4) is 11.5 Å². The third kappa shape index (κ3) is 6.38. The van der Waals surface area contributed by atoms with Gasteiger partial charge in [-0.15, -0.1) is 12.4 Å². The topological polar surface area (TPSA) is 103 Å². The maximum absolute atomic E-state index is 12.1. The number of halogens is 1. The minimum Gasteiger partial charge on any atom is -0.493 e. The molecule has 4 N–H and O–H groups in total. The summed E-state index contributed by atoms with van der Waals surface area (Å²) in [5, 5.41) is 5.41. The quantitative estimate of drug-likeness (QED) is 0.630. The lowest BCUT2D eigenvalue weighted by molar-refractivity contribution is -0.127. The summed E-state index contributed by atoms with van der Waals surface area (Å²) in [6.07, 6.45) is 0. The molecular weight excluding hydrogens is 358 g/mol. The van der Waals surface area contributed by atoms with Crippen LogP contribution in [0.4, 0.5) is 0 Å². The van der Waals surface area contributed by atoms with Crippen LogP contribution in [0.2, 0.25) is 0 Å². The number of nitrogens with one attached hydrogen (secondary N) is 2. The van der Waals surface area contributed by atoms with Crippen LogP contribution in [0.25, 0.3) is 0 Å². The van der Waals surface area contributed by atoms with Crippen molar-refractivity contribution in [2.75, 3.05) is 20.8 Å². The van der Waals surface area contributed by atoms with Crippen molar-refractivity contribution in [1.82, 2.24) is 10.6 Å². The van der Waals surface area contributed by atoms with Crippen LogP contribution >= 0.6 is 12.4 Å². The lowest BCUT2D eigenvalue weighted by Gasteiger charge is -2.20. The highest BCUT2D eigenvalue weighted by Crippen LogP contribution is 2.32. The molecule has 1 aromatic rings. The van der Waals surface area contributed by atoms with Crippen LogP contribution in [0.3, 0.4) is 0 Å². The second-order valence-electron chi connectivity index (χ2n) is 6.34. The molecule has 8 heteroatoms. The minimum atomic E-state index is -0.627. The van der Waals surface area contributed by atoms with Gasteiger partial charge in [-0.05, 0) is 43.0 Å². The molecule has 0 aliphatic carbocycles. The predicted molar refractivity (Wildman–Crippen MR) is 104 cm³/mol. The number of rotatable bonds is 8. The van der Waals surface area contributed by atoms with Crippen molar-refractivity contribution in [3.05, 3.63) is 23.3 Å². The van der Waals surface area contributed by atoms with Gasteiger partial charge in [-0.25, -0.2) is 0 Å². The molecule has 1 unspecified atom stereocenters. The Morgan fingerprint density at radius 1 is 1.12 bits per heavy atom. The van der Waals surface area contributed by atoms with E-state index in [9.17, 15) is 9.59 Å². The second-order valence-corrected chi connectivity index (χ2v) is 6.34. The molecule has 0 aromatic heterocycles. The predicted octanol–water partition coefficient (Wildman–Crippen LogP) is 1.71. The van der Waals surface area contributed by atoms with Gasteiger partial charge in [-0.3, -0.25) is 9.59 Å². The first-order chi connectivity index (χ1) is 11.7. The number of ether oxygens (including phenoxy) is 2. The number of amides is 2. The van der Waals surface area contributed by atoms with Crippen LogP contribution in [-0.2, 0) is 9.59 Å². The molecule has 0 saturated carbocycles. The maximum atomic E-state index is 12.1. The molecular formula is C18H30ClN3O4. The summed E-state index contributed by atoms with van der Waals surface area (Å²) in [4.78, 5) is 23.9. The summed E-state index contributed by atoms with van der Waals surface area (Å²) in [6.45, 7) is 7.39. The molecule has 0 aliphatic rings. The molecule has 148 valence electrons. The van der Waals surface area contributed by atoms with E-state index in [4.69, 9.17) is 15.2 Å². The molecule has 0 aliphatic heterocycles. The van der Waals surface area contributed by atoms with Crippen LogP contribution in [0.15, 0.2) is 12.1 Å². The van der Waals surface area contributed by atoms with Gasteiger partial charge in [0.15, 0.2) is 11.5 Å². The van der Waals surface area contributed by atoms with Gasteiger partial charge < -0.3 is 25.8 Å². The normalized spacial score (nSPS) is 12.6. The molecule has 2 amide bonds. The summed E-state index contributed by atoms with van der Waals surface area (Å²) in [7, 11) is 3.14. The van der Waals surface area contributed by atoms with E-state index in [1.54, 1.807) is 14.2 Å². The average molecular weight is 388 g/mol. The van der Waals surface area contributed by atoms with Crippen molar-refractivity contribution in [3.63, 3.8) is 0 Å². The molecule has 1 aromatic carbocycles. The SMILES string of the molecule is COc1cc(C)c(C(C)NC(=O)CNC(=O)[C@@H](N)C(C)C)cc1OC.Cl. The maximum Gasteiger partial charge on any atom is 0.239 e. The van der Waals surface area contributed by atoms with Crippen LogP contribution in [-0.4, -0.2) is 38.6 Å². The molecule has 2 atom stereocenters. The van der Waals surface area contributed by atoms with E-state index in [0.717, 1.165) is 11.1 Å². The minimum absolute atomic E-state index is 0. The monoisotopic (exact) mass is 387 g/mol. The molecule has 0 bridgehead atoms. The number of hydrogen-bond acceptors (Lipinski definition) is 5. The van der Waals surface area contributed by atoms with E-state index in [0.29, 0.717) is 11.5 Å². The lowest BCUT2D eigenvalue weighted by Crippen LogP contribution is -2.47. The first-order valence-electron chi connectivity index (χ1n) is 8.26. The fraction of sp³-hybridized carbons (Fsp3) is 0.556. The smallest absolute Gasteiger partial charge is 0.239 e. The van der Waals surface area contributed by atoms with Crippen LogP contribution in [0.1, 0.15) is 37.9 Å². The zero-order valence-electron chi connectivity index (χ0n) is 16.2. The van der Waals surface area contributed by atoms with Gasteiger partial charge in [0.25, 0.3) is 0 Å². The van der Waals surface area contributed by atoms with E-state index in [-0.39, 0.29) is 42.7 Å². The Bertz CT molecular complexity index is 623. The summed E-state index contributed by atoms with van der Waals surface area (Å²) < 4.78 is 10.6. The zero-order chi connectivity index (χ0) is 19.1. The largest absolute Gasteiger partial charge is 0.493 e. The van der Waals surface area contributed by atoms with Crippen molar-refractivity contribution < 1.29 is 19.1 Å². The Labute approximate surface area is 161 Å². The number of benzene rings is 1. The zero-order valence-corrected chi connectivity index (χ0v) is 17.0. The van der Waals surface area contributed by atoms with Crippen molar-refractivity contribution in [2.45, 2.75) is 39.8 Å². The van der Waals surface area contributed by atoms with E-state index < -0.39 is 6.04 Å². The number of hydrogen-bond donors (Lipinski definition) is 3. The lowest BCUT2D eigenvalue weighted by atomic mass is 10.0. The van der Waals surface area contributed by atoms with Gasteiger partial charge in [0.1, 0.15) is 0 Å². The first kappa shape index (κ1) is 24.0. The van der Waals surface area contributed by atoms with E-state index >= 15 is 0 Å². The second kappa shape index (κ2) is 10.9. The van der Waals surface area contributed by atoms with Gasteiger partial charge in [0, 0.05) is 0 Å².